The summed E-state index contributed by atoms with van der Waals surface area (Å²) in [6, 6.07) is -1.19. The van der Waals surface area contributed by atoms with Crippen molar-refractivity contribution in [2.75, 3.05) is 13.2 Å². The third-order valence-corrected chi connectivity index (χ3v) is 7.53. The van der Waals surface area contributed by atoms with Crippen LogP contribution in [0.15, 0.2) is 0 Å². The van der Waals surface area contributed by atoms with Crippen LogP contribution in [0.5, 0.6) is 0 Å². The Labute approximate surface area is 178 Å². The molecule has 0 aromatic heterocycles. The highest BCUT2D eigenvalue weighted by Gasteiger charge is 2.74. The molecule has 6 atom stereocenters. The maximum Gasteiger partial charge on any atom is 0.246 e. The van der Waals surface area contributed by atoms with Gasteiger partial charge in [-0.2, -0.15) is 0 Å². The van der Waals surface area contributed by atoms with E-state index in [4.69, 9.17) is 4.74 Å². The number of amides is 3. The SMILES string of the molecule is CCCNC(=O)[C@@H]1[C@@H]2CCC3(O2)C(C(=O)NC2CCCCC2)N([C@H](C)CO)C(=O)[C@H]13. The molecule has 1 spiro atoms. The quantitative estimate of drug-likeness (QED) is 0.561. The molecule has 8 nitrogen and oxygen atoms in total. The smallest absolute Gasteiger partial charge is 0.246 e. The van der Waals surface area contributed by atoms with Crippen molar-refractivity contribution < 1.29 is 24.2 Å². The molecule has 2 bridgehead atoms. The number of fused-ring (bicyclic) bond motifs is 1. The molecule has 4 rings (SSSR count). The van der Waals surface area contributed by atoms with Crippen LogP contribution in [0.25, 0.3) is 0 Å². The lowest BCUT2D eigenvalue weighted by Gasteiger charge is -2.37. The van der Waals surface area contributed by atoms with E-state index in [1.807, 2.05) is 6.92 Å². The fourth-order valence-electron chi connectivity index (χ4n) is 6.15. The minimum Gasteiger partial charge on any atom is -0.394 e. The van der Waals surface area contributed by atoms with Crippen molar-refractivity contribution in [1.29, 1.82) is 0 Å². The van der Waals surface area contributed by atoms with Crippen LogP contribution in [0.1, 0.15) is 65.2 Å². The van der Waals surface area contributed by atoms with Crippen LogP contribution in [-0.4, -0.2) is 70.7 Å². The zero-order valence-corrected chi connectivity index (χ0v) is 18.1. The Kier molecular flexibility index (Phi) is 6.08. The van der Waals surface area contributed by atoms with Gasteiger partial charge in [-0.25, -0.2) is 0 Å². The predicted octanol–water partition coefficient (Wildman–Crippen LogP) is 0.717. The van der Waals surface area contributed by atoms with Crippen LogP contribution in [0.2, 0.25) is 0 Å². The molecule has 3 saturated heterocycles. The summed E-state index contributed by atoms with van der Waals surface area (Å²) in [5.74, 6) is -1.83. The van der Waals surface area contributed by atoms with E-state index in [9.17, 15) is 19.5 Å². The first-order valence-electron chi connectivity index (χ1n) is 11.6. The topological polar surface area (TPSA) is 108 Å². The number of ether oxygens (including phenoxy) is 1. The minimum atomic E-state index is -0.974. The van der Waals surface area contributed by atoms with E-state index in [-0.39, 0.29) is 36.5 Å². The lowest BCUT2D eigenvalue weighted by Crippen LogP contribution is -2.59. The third-order valence-electron chi connectivity index (χ3n) is 7.53. The first-order chi connectivity index (χ1) is 14.4. The van der Waals surface area contributed by atoms with Crippen LogP contribution in [0, 0.1) is 11.8 Å². The first-order valence-corrected chi connectivity index (χ1v) is 11.6. The molecule has 2 unspecified atom stereocenters. The van der Waals surface area contributed by atoms with Gasteiger partial charge in [0.25, 0.3) is 0 Å². The molecule has 3 aliphatic heterocycles. The molecule has 1 saturated carbocycles. The first kappa shape index (κ1) is 21.6. The number of aliphatic hydroxyl groups is 1. The van der Waals surface area contributed by atoms with E-state index in [1.54, 1.807) is 6.92 Å². The second-order valence-corrected chi connectivity index (χ2v) is 9.47. The normalized spacial score (nSPS) is 36.6. The van der Waals surface area contributed by atoms with Crippen molar-refractivity contribution >= 4 is 17.7 Å². The Hall–Kier alpha value is -1.67. The fourth-order valence-corrected chi connectivity index (χ4v) is 6.15. The molecule has 8 heteroatoms. The second kappa shape index (κ2) is 8.46. The Morgan fingerprint density at radius 3 is 2.63 bits per heavy atom. The average Bonchev–Trinajstić information content (AvgIpc) is 3.39. The molecule has 168 valence electrons. The van der Waals surface area contributed by atoms with E-state index in [0.717, 1.165) is 32.1 Å². The maximum atomic E-state index is 13.5. The summed E-state index contributed by atoms with van der Waals surface area (Å²) in [4.78, 5) is 41.5. The number of rotatable bonds is 7. The number of hydrogen-bond acceptors (Lipinski definition) is 5. The minimum absolute atomic E-state index is 0.116. The molecular weight excluding hydrogens is 386 g/mol. The fraction of sp³-hybridized carbons (Fsp3) is 0.864. The van der Waals surface area contributed by atoms with Crippen molar-refractivity contribution in [2.45, 2.75) is 95.0 Å². The van der Waals surface area contributed by atoms with Crippen molar-refractivity contribution in [2.24, 2.45) is 11.8 Å². The number of likely N-dealkylation sites (tertiary alicyclic amines) is 1. The number of nitrogens with one attached hydrogen (secondary N) is 2. The number of carbonyl (C=O) groups excluding carboxylic acids is 3. The van der Waals surface area contributed by atoms with Crippen LogP contribution in [-0.2, 0) is 19.1 Å². The maximum absolute atomic E-state index is 13.5. The zero-order valence-electron chi connectivity index (χ0n) is 18.1. The number of carbonyl (C=O) groups is 3. The van der Waals surface area contributed by atoms with Crippen molar-refractivity contribution in [3.8, 4) is 0 Å². The van der Waals surface area contributed by atoms with Gasteiger partial charge >= 0.3 is 0 Å². The summed E-state index contributed by atoms with van der Waals surface area (Å²) in [6.07, 6.45) is 7.02. The Morgan fingerprint density at radius 1 is 1.23 bits per heavy atom. The molecule has 1 aliphatic carbocycles. The lowest BCUT2D eigenvalue weighted by molar-refractivity contribution is -0.145. The van der Waals surface area contributed by atoms with E-state index in [2.05, 4.69) is 10.6 Å². The van der Waals surface area contributed by atoms with Gasteiger partial charge < -0.3 is 25.4 Å². The summed E-state index contributed by atoms with van der Waals surface area (Å²) in [6.45, 7) is 4.04. The van der Waals surface area contributed by atoms with Crippen LogP contribution >= 0.6 is 0 Å². The van der Waals surface area contributed by atoms with E-state index < -0.39 is 29.5 Å². The van der Waals surface area contributed by atoms with E-state index >= 15 is 0 Å². The summed E-state index contributed by atoms with van der Waals surface area (Å²) in [5, 5.41) is 15.9. The summed E-state index contributed by atoms with van der Waals surface area (Å²) in [7, 11) is 0. The molecule has 3 N–H and O–H groups in total. The van der Waals surface area contributed by atoms with Crippen LogP contribution < -0.4 is 10.6 Å². The van der Waals surface area contributed by atoms with Gasteiger partial charge in [0.15, 0.2) is 0 Å². The lowest BCUT2D eigenvalue weighted by atomic mass is 9.70. The standard InChI is InChI=1S/C22H35N3O5/c1-3-11-23-19(27)16-15-9-10-22(30-15)17(16)21(29)25(13(2)12-26)18(22)20(28)24-14-7-5-4-6-8-14/h13-18,26H,3-12H2,1-2H3,(H,23,27)(H,24,28)/t13-,15+,16-,17+,18?,22?/m1/s1. The van der Waals surface area contributed by atoms with Gasteiger partial charge in [-0.05, 0) is 39.0 Å². The monoisotopic (exact) mass is 421 g/mol. The molecule has 4 aliphatic rings. The number of hydrogen-bond donors (Lipinski definition) is 3. The number of nitrogens with zero attached hydrogens (tertiary/aromatic N) is 1. The molecule has 0 aromatic rings. The van der Waals surface area contributed by atoms with Crippen molar-refractivity contribution in [3.63, 3.8) is 0 Å². The molecule has 30 heavy (non-hydrogen) atoms. The number of aliphatic hydroxyl groups excluding tert-OH is 1. The van der Waals surface area contributed by atoms with Gasteiger partial charge in [-0.1, -0.05) is 26.2 Å². The Morgan fingerprint density at radius 2 is 1.97 bits per heavy atom. The van der Waals surface area contributed by atoms with E-state index in [0.29, 0.717) is 19.4 Å². The zero-order chi connectivity index (χ0) is 21.5. The molecule has 3 amide bonds. The average molecular weight is 422 g/mol. The summed E-state index contributed by atoms with van der Waals surface area (Å²) in [5.41, 5.74) is -0.974. The van der Waals surface area contributed by atoms with Gasteiger partial charge in [0.2, 0.25) is 17.7 Å². The predicted molar refractivity (Wildman–Crippen MR) is 109 cm³/mol. The van der Waals surface area contributed by atoms with Gasteiger partial charge in [-0.3, -0.25) is 14.4 Å². The Balaban J connectivity index is 1.64. The largest absolute Gasteiger partial charge is 0.394 e. The van der Waals surface area contributed by atoms with Gasteiger partial charge in [0, 0.05) is 12.6 Å². The van der Waals surface area contributed by atoms with Crippen LogP contribution in [0.4, 0.5) is 0 Å². The van der Waals surface area contributed by atoms with Gasteiger partial charge in [-0.15, -0.1) is 0 Å². The molecule has 4 fully saturated rings. The molecule has 0 aromatic carbocycles. The molecular formula is C22H35N3O5. The second-order valence-electron chi connectivity index (χ2n) is 9.47. The van der Waals surface area contributed by atoms with Crippen LogP contribution in [0.3, 0.4) is 0 Å². The van der Waals surface area contributed by atoms with E-state index in [1.165, 1.54) is 11.3 Å². The molecule has 0 radical (unpaired) electrons. The Bertz CT molecular complexity index is 694. The summed E-state index contributed by atoms with van der Waals surface area (Å²) >= 11 is 0. The highest BCUT2D eigenvalue weighted by atomic mass is 16.5. The molecule has 3 heterocycles. The van der Waals surface area contributed by atoms with Gasteiger partial charge in [0.05, 0.1) is 30.6 Å². The highest BCUT2D eigenvalue weighted by molar-refractivity contribution is 5.99. The summed E-state index contributed by atoms with van der Waals surface area (Å²) < 4.78 is 6.35. The third kappa shape index (κ3) is 3.32. The van der Waals surface area contributed by atoms with Crippen molar-refractivity contribution in [3.05, 3.63) is 0 Å². The van der Waals surface area contributed by atoms with Crippen molar-refractivity contribution in [1.82, 2.24) is 15.5 Å². The van der Waals surface area contributed by atoms with Gasteiger partial charge in [0.1, 0.15) is 11.6 Å². The highest BCUT2D eigenvalue weighted by Crippen LogP contribution is 2.58.